The predicted octanol–water partition coefficient (Wildman–Crippen LogP) is 4.26. The normalized spacial score (nSPS) is 20.1. The van der Waals surface area contributed by atoms with Gasteiger partial charge in [-0.1, -0.05) is 42.1 Å². The Labute approximate surface area is 124 Å². The number of methoxy groups -OCH3 is 2. The Bertz CT molecular complexity index is 464. The molecule has 0 heterocycles. The molecule has 0 amide bonds. The van der Waals surface area contributed by atoms with Gasteiger partial charge in [-0.05, 0) is 36.8 Å². The zero-order valence-electron chi connectivity index (χ0n) is 13.6. The van der Waals surface area contributed by atoms with Crippen LogP contribution in [0, 0.1) is 0 Å². The van der Waals surface area contributed by atoms with Gasteiger partial charge in [-0.15, -0.1) is 0 Å². The van der Waals surface area contributed by atoms with E-state index in [4.69, 9.17) is 9.47 Å². The summed E-state index contributed by atoms with van der Waals surface area (Å²) in [6.07, 6.45) is 7.07. The van der Waals surface area contributed by atoms with Gasteiger partial charge in [0.05, 0.1) is 21.3 Å². The summed E-state index contributed by atoms with van der Waals surface area (Å²) in [6.45, 7) is 8.86. The van der Waals surface area contributed by atoms with Crippen LogP contribution in [0.25, 0.3) is 0 Å². The van der Waals surface area contributed by atoms with E-state index in [2.05, 4.69) is 25.7 Å². The van der Waals surface area contributed by atoms with Crippen molar-refractivity contribution < 1.29 is 9.47 Å². The van der Waals surface area contributed by atoms with Crippen molar-refractivity contribution in [3.8, 4) is 0 Å². The lowest BCUT2D eigenvalue weighted by atomic mass is 9.81. The van der Waals surface area contributed by atoms with Crippen LogP contribution in [0.2, 0.25) is 19.6 Å². The van der Waals surface area contributed by atoms with Crippen LogP contribution < -0.4 is 0 Å². The van der Waals surface area contributed by atoms with E-state index in [1.54, 1.807) is 30.6 Å². The van der Waals surface area contributed by atoms with Gasteiger partial charge >= 0.3 is 0 Å². The van der Waals surface area contributed by atoms with Crippen molar-refractivity contribution in [2.45, 2.75) is 45.3 Å². The van der Waals surface area contributed by atoms with Crippen molar-refractivity contribution in [1.82, 2.24) is 0 Å². The first kappa shape index (κ1) is 15.7. The smallest absolute Gasteiger partial charge is 0.0724 e. The van der Waals surface area contributed by atoms with Gasteiger partial charge in [0.2, 0.25) is 0 Å². The maximum Gasteiger partial charge on any atom is 0.0724 e. The minimum absolute atomic E-state index is 0.750. The molecular weight excluding hydrogens is 264 g/mol. The van der Waals surface area contributed by atoms with Crippen molar-refractivity contribution >= 4 is 8.07 Å². The molecule has 0 unspecified atom stereocenters. The fraction of sp³-hybridized carbons (Fsp3) is 0.647. The fourth-order valence-corrected chi connectivity index (χ4v) is 4.65. The summed E-state index contributed by atoms with van der Waals surface area (Å²) in [5.74, 6) is 0. The molecule has 0 aromatic carbocycles. The SMILES string of the molecule is COCC1=C(COC)CC2=C(CC=C([Si](C)(C)C)C2)C1. The molecule has 0 aromatic heterocycles. The highest BCUT2D eigenvalue weighted by Gasteiger charge is 2.27. The molecule has 0 bridgehead atoms. The summed E-state index contributed by atoms with van der Waals surface area (Å²) < 4.78 is 10.8. The quantitative estimate of drug-likeness (QED) is 0.557. The van der Waals surface area contributed by atoms with Crippen LogP contribution in [0.4, 0.5) is 0 Å². The van der Waals surface area contributed by atoms with Crippen molar-refractivity contribution in [2.24, 2.45) is 0 Å². The number of hydrogen-bond acceptors (Lipinski definition) is 2. The average Bonchev–Trinajstić information content (AvgIpc) is 2.38. The summed E-state index contributed by atoms with van der Waals surface area (Å²) in [7, 11) is 2.42. The van der Waals surface area contributed by atoms with Gasteiger partial charge in [-0.25, -0.2) is 0 Å². The topological polar surface area (TPSA) is 18.5 Å². The highest BCUT2D eigenvalue weighted by Crippen LogP contribution is 2.40. The van der Waals surface area contributed by atoms with Crippen molar-refractivity contribution in [2.75, 3.05) is 27.4 Å². The van der Waals surface area contributed by atoms with E-state index in [1.807, 2.05) is 0 Å². The largest absolute Gasteiger partial charge is 0.380 e. The van der Waals surface area contributed by atoms with E-state index in [-0.39, 0.29) is 0 Å². The molecule has 0 N–H and O–H groups in total. The first-order valence-electron chi connectivity index (χ1n) is 7.52. The second kappa shape index (κ2) is 6.42. The van der Waals surface area contributed by atoms with Crippen LogP contribution in [0.15, 0.2) is 33.6 Å². The molecule has 0 saturated heterocycles. The average molecular weight is 292 g/mol. The van der Waals surface area contributed by atoms with Crippen molar-refractivity contribution in [3.05, 3.63) is 33.6 Å². The molecule has 2 aliphatic rings. The van der Waals surface area contributed by atoms with E-state index in [1.165, 1.54) is 17.6 Å². The third-order valence-electron chi connectivity index (χ3n) is 4.45. The molecule has 0 aromatic rings. The van der Waals surface area contributed by atoms with Crippen LogP contribution >= 0.6 is 0 Å². The molecule has 2 rings (SSSR count). The molecule has 0 aliphatic heterocycles. The molecule has 0 spiro atoms. The van der Waals surface area contributed by atoms with Gasteiger partial charge in [-0.2, -0.15) is 0 Å². The summed E-state index contributed by atoms with van der Waals surface area (Å²) in [6, 6.07) is 0. The molecule has 0 atom stereocenters. The maximum atomic E-state index is 5.39. The monoisotopic (exact) mass is 292 g/mol. The molecule has 2 nitrogen and oxygen atoms in total. The van der Waals surface area contributed by atoms with E-state index in [9.17, 15) is 0 Å². The third-order valence-corrected chi connectivity index (χ3v) is 6.76. The predicted molar refractivity (Wildman–Crippen MR) is 87.7 cm³/mol. The highest BCUT2D eigenvalue weighted by molar-refractivity contribution is 6.83. The second-order valence-electron chi connectivity index (χ2n) is 6.99. The molecule has 112 valence electrons. The van der Waals surface area contributed by atoms with E-state index in [0.29, 0.717) is 0 Å². The van der Waals surface area contributed by atoms with Crippen LogP contribution in [-0.2, 0) is 9.47 Å². The third kappa shape index (κ3) is 3.51. The lowest BCUT2D eigenvalue weighted by molar-refractivity contribution is 0.207. The minimum Gasteiger partial charge on any atom is -0.380 e. The number of ether oxygens (including phenoxy) is 2. The molecule has 0 saturated carbocycles. The lowest BCUT2D eigenvalue weighted by Gasteiger charge is -2.32. The Hall–Kier alpha value is -0.643. The van der Waals surface area contributed by atoms with E-state index < -0.39 is 8.07 Å². The van der Waals surface area contributed by atoms with Crippen molar-refractivity contribution in [3.63, 3.8) is 0 Å². The molecule has 2 aliphatic carbocycles. The molecule has 3 heteroatoms. The molecule has 0 radical (unpaired) electrons. The summed E-state index contributed by atoms with van der Waals surface area (Å²) in [4.78, 5) is 0. The fourth-order valence-electron chi connectivity index (χ4n) is 3.19. The Morgan fingerprint density at radius 2 is 1.45 bits per heavy atom. The van der Waals surface area contributed by atoms with Crippen LogP contribution in [0.5, 0.6) is 0 Å². The first-order chi connectivity index (χ1) is 9.45. The standard InChI is InChI=1S/C17H28O2Si/c1-18-11-15-8-13-6-7-17(20(3,4)5)10-14(13)9-16(15)12-19-2/h7H,6,8-12H2,1-5H3. The van der Waals surface area contributed by atoms with Crippen LogP contribution in [0.3, 0.4) is 0 Å². The van der Waals surface area contributed by atoms with Gasteiger partial charge < -0.3 is 9.47 Å². The highest BCUT2D eigenvalue weighted by atomic mass is 28.3. The lowest BCUT2D eigenvalue weighted by Crippen LogP contribution is -2.27. The van der Waals surface area contributed by atoms with Gasteiger partial charge in [0, 0.05) is 14.2 Å². The Morgan fingerprint density at radius 1 is 0.900 bits per heavy atom. The number of hydrogen-bond donors (Lipinski definition) is 0. The first-order valence-corrected chi connectivity index (χ1v) is 11.0. The van der Waals surface area contributed by atoms with Gasteiger partial charge in [0.1, 0.15) is 0 Å². The number of rotatable bonds is 5. The minimum atomic E-state index is -1.15. The Balaban J connectivity index is 2.14. The van der Waals surface area contributed by atoms with Crippen LogP contribution in [-0.4, -0.2) is 35.5 Å². The zero-order chi connectivity index (χ0) is 14.8. The second-order valence-corrected chi connectivity index (χ2v) is 12.1. The zero-order valence-corrected chi connectivity index (χ0v) is 14.6. The van der Waals surface area contributed by atoms with E-state index in [0.717, 1.165) is 32.5 Å². The Morgan fingerprint density at radius 3 is 1.95 bits per heavy atom. The van der Waals surface area contributed by atoms with Crippen LogP contribution in [0.1, 0.15) is 25.7 Å². The van der Waals surface area contributed by atoms with Gasteiger partial charge in [0.25, 0.3) is 0 Å². The summed E-state index contributed by atoms with van der Waals surface area (Å²) in [5, 5.41) is 1.73. The van der Waals surface area contributed by atoms with Gasteiger partial charge in [-0.3, -0.25) is 0 Å². The van der Waals surface area contributed by atoms with Gasteiger partial charge in [0.15, 0.2) is 0 Å². The maximum absolute atomic E-state index is 5.39. The van der Waals surface area contributed by atoms with Crippen molar-refractivity contribution in [1.29, 1.82) is 0 Å². The molecular formula is C17H28O2Si. The van der Waals surface area contributed by atoms with E-state index >= 15 is 0 Å². The summed E-state index contributed by atoms with van der Waals surface area (Å²) in [5.41, 5.74) is 6.19. The summed E-state index contributed by atoms with van der Waals surface area (Å²) >= 11 is 0. The Kier molecular flexibility index (Phi) is 5.05. The molecule has 20 heavy (non-hydrogen) atoms. The number of allylic oxidation sites excluding steroid dienone is 4. The molecule has 0 fully saturated rings.